The summed E-state index contributed by atoms with van der Waals surface area (Å²) < 4.78 is 0. The van der Waals surface area contributed by atoms with Crippen LogP contribution in [0.5, 0.6) is 0 Å². The maximum absolute atomic E-state index is 12.9. The van der Waals surface area contributed by atoms with Gasteiger partial charge in [0, 0.05) is 31.7 Å². The molecule has 1 N–H and O–H groups in total. The van der Waals surface area contributed by atoms with Gasteiger partial charge in [0.15, 0.2) is 0 Å². The van der Waals surface area contributed by atoms with E-state index < -0.39 is 0 Å². The molecule has 2 amide bonds. The zero-order valence-electron chi connectivity index (χ0n) is 15.9. The SMILES string of the molecule is CCc1nc(C)c(C(=O)N2CCCN(C(=O)c3ccc4n[nH]nc4c3)CC2)s1. The van der Waals surface area contributed by atoms with Crippen LogP contribution in [0.4, 0.5) is 0 Å². The number of hydrogen-bond donors (Lipinski definition) is 1. The number of H-pyrrole nitrogens is 1. The Morgan fingerprint density at radius 1 is 1.07 bits per heavy atom. The lowest BCUT2D eigenvalue weighted by atomic mass is 10.1. The van der Waals surface area contributed by atoms with E-state index in [9.17, 15) is 9.59 Å². The van der Waals surface area contributed by atoms with Crippen molar-refractivity contribution < 1.29 is 9.59 Å². The van der Waals surface area contributed by atoms with Crippen LogP contribution in [-0.2, 0) is 6.42 Å². The Bertz CT molecular complexity index is 1030. The molecule has 1 saturated heterocycles. The molecule has 1 aromatic carbocycles. The number of aromatic amines is 1. The van der Waals surface area contributed by atoms with E-state index in [-0.39, 0.29) is 11.8 Å². The molecule has 1 aliphatic rings. The first-order chi connectivity index (χ1) is 13.6. The average molecular weight is 398 g/mol. The Morgan fingerprint density at radius 2 is 1.79 bits per heavy atom. The monoisotopic (exact) mass is 398 g/mol. The summed E-state index contributed by atoms with van der Waals surface area (Å²) in [5.74, 6) is -0.0190. The Kier molecular flexibility index (Phi) is 5.08. The van der Waals surface area contributed by atoms with E-state index in [1.807, 2.05) is 23.6 Å². The van der Waals surface area contributed by atoms with Crippen LogP contribution in [0, 0.1) is 6.92 Å². The minimum Gasteiger partial charge on any atom is -0.337 e. The van der Waals surface area contributed by atoms with Crippen molar-refractivity contribution in [2.75, 3.05) is 26.2 Å². The lowest BCUT2D eigenvalue weighted by Crippen LogP contribution is -2.37. The number of amides is 2. The number of fused-ring (bicyclic) bond motifs is 1. The fourth-order valence-corrected chi connectivity index (χ4v) is 4.40. The molecular formula is C19H22N6O2S. The molecular weight excluding hydrogens is 376 g/mol. The summed E-state index contributed by atoms with van der Waals surface area (Å²) in [7, 11) is 0. The lowest BCUT2D eigenvalue weighted by Gasteiger charge is -2.22. The number of carbonyl (C=O) groups excluding carboxylic acids is 2. The molecule has 0 unspecified atom stereocenters. The first-order valence-corrected chi connectivity index (χ1v) is 10.2. The zero-order valence-corrected chi connectivity index (χ0v) is 16.8. The Balaban J connectivity index is 1.46. The molecule has 28 heavy (non-hydrogen) atoms. The average Bonchev–Trinajstić information content (AvgIpc) is 3.24. The summed E-state index contributed by atoms with van der Waals surface area (Å²) in [5.41, 5.74) is 2.79. The smallest absolute Gasteiger partial charge is 0.265 e. The number of nitrogens with zero attached hydrogens (tertiary/aromatic N) is 5. The molecule has 0 bridgehead atoms. The van der Waals surface area contributed by atoms with Crippen molar-refractivity contribution in [2.24, 2.45) is 0 Å². The lowest BCUT2D eigenvalue weighted by molar-refractivity contribution is 0.0720. The molecule has 0 saturated carbocycles. The maximum Gasteiger partial charge on any atom is 0.265 e. The molecule has 1 fully saturated rings. The van der Waals surface area contributed by atoms with Crippen LogP contribution in [0.2, 0.25) is 0 Å². The molecule has 2 aromatic heterocycles. The van der Waals surface area contributed by atoms with Crippen LogP contribution in [0.15, 0.2) is 18.2 Å². The van der Waals surface area contributed by atoms with Gasteiger partial charge in [-0.25, -0.2) is 4.98 Å². The summed E-state index contributed by atoms with van der Waals surface area (Å²) in [4.78, 5) is 34.7. The van der Waals surface area contributed by atoms with Crippen LogP contribution in [0.3, 0.4) is 0 Å². The van der Waals surface area contributed by atoms with Gasteiger partial charge in [-0.05, 0) is 38.0 Å². The predicted octanol–water partition coefficient (Wildman–Crippen LogP) is 2.27. The third-order valence-corrected chi connectivity index (χ3v) is 6.26. The first kappa shape index (κ1) is 18.5. The molecule has 3 aromatic rings. The quantitative estimate of drug-likeness (QED) is 0.730. The number of thiazole rings is 1. The van der Waals surface area contributed by atoms with E-state index in [2.05, 4.69) is 20.4 Å². The fraction of sp³-hybridized carbons (Fsp3) is 0.421. The van der Waals surface area contributed by atoms with Crippen molar-refractivity contribution in [2.45, 2.75) is 26.7 Å². The molecule has 0 aliphatic carbocycles. The van der Waals surface area contributed by atoms with Crippen LogP contribution in [0.25, 0.3) is 11.0 Å². The van der Waals surface area contributed by atoms with E-state index in [1.54, 1.807) is 18.2 Å². The second-order valence-corrected chi connectivity index (χ2v) is 7.92. The molecule has 0 spiro atoms. The van der Waals surface area contributed by atoms with Crippen molar-refractivity contribution >= 4 is 34.2 Å². The minimum atomic E-state index is -0.0403. The van der Waals surface area contributed by atoms with Gasteiger partial charge in [0.05, 0.1) is 10.7 Å². The van der Waals surface area contributed by atoms with Gasteiger partial charge in [-0.3, -0.25) is 9.59 Å². The van der Waals surface area contributed by atoms with Gasteiger partial charge >= 0.3 is 0 Å². The van der Waals surface area contributed by atoms with E-state index in [0.29, 0.717) is 42.1 Å². The van der Waals surface area contributed by atoms with Crippen molar-refractivity contribution in [1.29, 1.82) is 0 Å². The minimum absolute atomic E-state index is 0.0213. The molecule has 1 aliphatic heterocycles. The van der Waals surface area contributed by atoms with Gasteiger partial charge in [-0.1, -0.05) is 6.92 Å². The molecule has 0 atom stereocenters. The van der Waals surface area contributed by atoms with Crippen molar-refractivity contribution in [3.8, 4) is 0 Å². The second-order valence-electron chi connectivity index (χ2n) is 6.84. The number of nitrogens with one attached hydrogen (secondary N) is 1. The number of aromatic nitrogens is 4. The molecule has 3 heterocycles. The standard InChI is InChI=1S/C19H22N6O2S/c1-3-16-20-12(2)17(28-16)19(27)25-8-4-7-24(9-10-25)18(26)13-5-6-14-15(11-13)22-23-21-14/h5-6,11H,3-4,7-10H2,1-2H3,(H,21,22,23). The van der Waals surface area contributed by atoms with Crippen LogP contribution < -0.4 is 0 Å². The number of benzene rings is 1. The summed E-state index contributed by atoms with van der Waals surface area (Å²) in [6.45, 7) is 6.23. The summed E-state index contributed by atoms with van der Waals surface area (Å²) in [5, 5.41) is 11.6. The van der Waals surface area contributed by atoms with E-state index in [0.717, 1.165) is 29.1 Å². The van der Waals surface area contributed by atoms with Gasteiger partial charge in [0.25, 0.3) is 11.8 Å². The van der Waals surface area contributed by atoms with Gasteiger partial charge in [-0.15, -0.1) is 11.3 Å². The van der Waals surface area contributed by atoms with E-state index in [1.165, 1.54) is 11.3 Å². The molecule has 8 nitrogen and oxygen atoms in total. The topological polar surface area (TPSA) is 95.1 Å². The molecule has 9 heteroatoms. The largest absolute Gasteiger partial charge is 0.337 e. The summed E-state index contributed by atoms with van der Waals surface area (Å²) in [6, 6.07) is 5.31. The van der Waals surface area contributed by atoms with Gasteiger partial charge in [0.2, 0.25) is 0 Å². The highest BCUT2D eigenvalue weighted by molar-refractivity contribution is 7.13. The van der Waals surface area contributed by atoms with Crippen molar-refractivity contribution in [3.05, 3.63) is 39.3 Å². The Hall–Kier alpha value is -2.81. The fourth-order valence-electron chi connectivity index (χ4n) is 3.43. The first-order valence-electron chi connectivity index (χ1n) is 9.42. The van der Waals surface area contributed by atoms with E-state index in [4.69, 9.17) is 0 Å². The highest BCUT2D eigenvalue weighted by atomic mass is 32.1. The van der Waals surface area contributed by atoms with Crippen molar-refractivity contribution in [3.63, 3.8) is 0 Å². The molecule has 146 valence electrons. The predicted molar refractivity (Wildman–Crippen MR) is 107 cm³/mol. The maximum atomic E-state index is 12.9. The van der Waals surface area contributed by atoms with Crippen LogP contribution in [0.1, 0.15) is 44.1 Å². The molecule has 4 rings (SSSR count). The third kappa shape index (κ3) is 3.49. The van der Waals surface area contributed by atoms with Crippen molar-refractivity contribution in [1.82, 2.24) is 30.2 Å². The summed E-state index contributed by atoms with van der Waals surface area (Å²) >= 11 is 1.48. The molecule has 0 radical (unpaired) electrons. The van der Waals surface area contributed by atoms with Gasteiger partial charge in [0.1, 0.15) is 15.9 Å². The highest BCUT2D eigenvalue weighted by Gasteiger charge is 2.26. The van der Waals surface area contributed by atoms with Gasteiger partial charge in [-0.2, -0.15) is 15.4 Å². The second kappa shape index (κ2) is 7.67. The zero-order chi connectivity index (χ0) is 19.7. The third-order valence-electron chi connectivity index (χ3n) is 4.97. The number of carbonyl (C=O) groups is 2. The Morgan fingerprint density at radius 3 is 2.50 bits per heavy atom. The normalized spacial score (nSPS) is 15.1. The van der Waals surface area contributed by atoms with Crippen LogP contribution >= 0.6 is 11.3 Å². The number of hydrogen-bond acceptors (Lipinski definition) is 6. The number of aryl methyl sites for hydroxylation is 2. The highest BCUT2D eigenvalue weighted by Crippen LogP contribution is 2.22. The number of rotatable bonds is 3. The summed E-state index contributed by atoms with van der Waals surface area (Å²) in [6.07, 6.45) is 1.58. The van der Waals surface area contributed by atoms with E-state index >= 15 is 0 Å². The Labute approximate surface area is 166 Å². The van der Waals surface area contributed by atoms with Crippen LogP contribution in [-0.4, -0.2) is 68.2 Å². The van der Waals surface area contributed by atoms with Gasteiger partial charge < -0.3 is 9.80 Å².